The lowest BCUT2D eigenvalue weighted by atomic mass is 9.95. The number of carbonyl (C=O) groups is 2. The monoisotopic (exact) mass is 459 g/mol. The third-order valence-electron chi connectivity index (χ3n) is 5.18. The lowest BCUT2D eigenvalue weighted by Gasteiger charge is -2.19. The van der Waals surface area contributed by atoms with Gasteiger partial charge in [-0.3, -0.25) is 4.79 Å². The summed E-state index contributed by atoms with van der Waals surface area (Å²) < 4.78 is 5.88. The summed E-state index contributed by atoms with van der Waals surface area (Å²) in [6, 6.07) is 10.8. The number of hydrogen-bond donors (Lipinski definition) is 2. The van der Waals surface area contributed by atoms with Gasteiger partial charge in [0.05, 0.1) is 18.3 Å². The fourth-order valence-corrected chi connectivity index (χ4v) is 4.25. The molecule has 0 spiro atoms. The Kier molecular flexibility index (Phi) is 10.1. The van der Waals surface area contributed by atoms with E-state index < -0.39 is 18.0 Å². The number of aromatic hydroxyl groups is 1. The first-order valence-electron chi connectivity index (χ1n) is 10.8. The van der Waals surface area contributed by atoms with E-state index in [1.54, 1.807) is 30.8 Å². The van der Waals surface area contributed by atoms with E-state index in [2.05, 4.69) is 0 Å². The van der Waals surface area contributed by atoms with Crippen LogP contribution in [0.4, 0.5) is 0 Å². The number of aliphatic hydroxyl groups is 1. The predicted octanol–water partition coefficient (Wildman–Crippen LogP) is 3.92. The third-order valence-corrected chi connectivity index (χ3v) is 6.28. The van der Waals surface area contributed by atoms with Crippen molar-refractivity contribution in [1.82, 2.24) is 0 Å². The Bertz CT molecular complexity index is 909. The van der Waals surface area contributed by atoms with Gasteiger partial charge in [0.1, 0.15) is 11.5 Å². The van der Waals surface area contributed by atoms with Crippen molar-refractivity contribution in [2.24, 2.45) is 5.92 Å². The summed E-state index contributed by atoms with van der Waals surface area (Å²) in [6.45, 7) is 5.61. The van der Waals surface area contributed by atoms with Crippen LogP contribution in [0, 0.1) is 5.92 Å². The fraction of sp³-hybridized carbons (Fsp3) is 0.440. The number of phenols is 1. The molecule has 0 aliphatic heterocycles. The number of carboxylic acid groups (broad SMARTS) is 1. The van der Waals surface area contributed by atoms with Crippen LogP contribution in [0.2, 0.25) is 0 Å². The molecule has 0 radical (unpaired) electrons. The summed E-state index contributed by atoms with van der Waals surface area (Å²) in [6.07, 6.45) is 1.23. The molecular weight excluding hydrogens is 428 g/mol. The van der Waals surface area contributed by atoms with E-state index in [0.29, 0.717) is 35.5 Å². The zero-order valence-corrected chi connectivity index (χ0v) is 19.6. The number of benzene rings is 2. The van der Waals surface area contributed by atoms with Crippen LogP contribution in [0.15, 0.2) is 41.3 Å². The smallest absolute Gasteiger partial charge is 0.163 e. The van der Waals surface area contributed by atoms with Crippen LogP contribution in [-0.2, 0) is 11.2 Å². The number of phenolic OH excluding ortho intramolecular Hbond substituents is 1. The van der Waals surface area contributed by atoms with E-state index in [1.807, 2.05) is 31.2 Å². The molecule has 32 heavy (non-hydrogen) atoms. The Hall–Kier alpha value is -2.51. The van der Waals surface area contributed by atoms with Crippen molar-refractivity contribution in [3.05, 3.63) is 53.1 Å². The Morgan fingerprint density at radius 2 is 1.84 bits per heavy atom. The second-order valence-electron chi connectivity index (χ2n) is 7.86. The molecule has 0 fully saturated rings. The van der Waals surface area contributed by atoms with Crippen molar-refractivity contribution in [2.45, 2.75) is 57.5 Å². The van der Waals surface area contributed by atoms with Crippen molar-refractivity contribution >= 4 is 23.5 Å². The summed E-state index contributed by atoms with van der Waals surface area (Å²) >= 11 is 1.66. The number of hydrogen-bond acceptors (Lipinski definition) is 7. The summed E-state index contributed by atoms with van der Waals surface area (Å²) in [7, 11) is 0. The lowest BCUT2D eigenvalue weighted by molar-refractivity contribution is -0.307. The number of carboxylic acids is 1. The van der Waals surface area contributed by atoms with Gasteiger partial charge in [-0.2, -0.15) is 0 Å². The minimum atomic E-state index is -1.17. The molecular formula is C25H31O6S-. The van der Waals surface area contributed by atoms with Crippen molar-refractivity contribution in [3.8, 4) is 11.5 Å². The highest BCUT2D eigenvalue weighted by molar-refractivity contribution is 7.99. The molecule has 0 bridgehead atoms. The largest absolute Gasteiger partial charge is 0.550 e. The highest BCUT2D eigenvalue weighted by atomic mass is 32.2. The van der Waals surface area contributed by atoms with E-state index >= 15 is 0 Å². The van der Waals surface area contributed by atoms with Gasteiger partial charge in [0.15, 0.2) is 5.78 Å². The van der Waals surface area contributed by atoms with Gasteiger partial charge in [0.25, 0.3) is 0 Å². The molecule has 0 saturated heterocycles. The number of aliphatic carboxylic acids is 1. The van der Waals surface area contributed by atoms with Crippen LogP contribution < -0.4 is 9.84 Å². The number of rotatable bonds is 13. The summed E-state index contributed by atoms with van der Waals surface area (Å²) in [5, 5.41) is 31.4. The molecule has 0 heterocycles. The van der Waals surface area contributed by atoms with Crippen molar-refractivity contribution in [3.63, 3.8) is 0 Å². The van der Waals surface area contributed by atoms with Gasteiger partial charge in [0.2, 0.25) is 0 Å². The molecule has 0 unspecified atom stereocenters. The Balaban J connectivity index is 1.85. The Morgan fingerprint density at radius 1 is 1.16 bits per heavy atom. The maximum atomic E-state index is 11.7. The molecule has 0 amide bonds. The maximum Gasteiger partial charge on any atom is 0.163 e. The number of Topliss-reactive ketones (excluding diaryl/α,β-unsaturated/α-hetero) is 1. The lowest BCUT2D eigenvalue weighted by Crippen LogP contribution is -2.26. The minimum absolute atomic E-state index is 0.0161. The fourth-order valence-electron chi connectivity index (χ4n) is 3.42. The molecule has 2 aromatic rings. The Morgan fingerprint density at radius 3 is 2.44 bits per heavy atom. The second kappa shape index (κ2) is 12.5. The molecule has 2 rings (SSSR count). The predicted molar refractivity (Wildman–Crippen MR) is 123 cm³/mol. The molecule has 0 aliphatic carbocycles. The van der Waals surface area contributed by atoms with Gasteiger partial charge in [-0.25, -0.2) is 0 Å². The molecule has 7 heteroatoms. The highest BCUT2D eigenvalue weighted by Crippen LogP contribution is 2.33. The highest BCUT2D eigenvalue weighted by Gasteiger charge is 2.17. The van der Waals surface area contributed by atoms with Gasteiger partial charge >= 0.3 is 0 Å². The van der Waals surface area contributed by atoms with E-state index in [0.717, 1.165) is 23.5 Å². The van der Waals surface area contributed by atoms with E-state index in [9.17, 15) is 24.9 Å². The summed E-state index contributed by atoms with van der Waals surface area (Å²) in [5.41, 5.74) is 1.68. The van der Waals surface area contributed by atoms with Gasteiger partial charge in [-0.05, 0) is 61.9 Å². The number of carbonyl (C=O) groups excluding carboxylic acids is 2. The van der Waals surface area contributed by atoms with Crippen molar-refractivity contribution < 1.29 is 29.6 Å². The van der Waals surface area contributed by atoms with Gasteiger partial charge in [0, 0.05) is 22.2 Å². The van der Waals surface area contributed by atoms with Gasteiger partial charge in [-0.15, -0.1) is 11.8 Å². The van der Waals surface area contributed by atoms with E-state index in [4.69, 9.17) is 4.74 Å². The van der Waals surface area contributed by atoms with Crippen LogP contribution >= 0.6 is 11.8 Å². The minimum Gasteiger partial charge on any atom is -0.550 e. The molecule has 0 aliphatic rings. The number of ether oxygens (including phenoxy) is 1. The first kappa shape index (κ1) is 25.7. The van der Waals surface area contributed by atoms with Gasteiger partial charge < -0.3 is 24.9 Å². The summed E-state index contributed by atoms with van der Waals surface area (Å²) in [4.78, 5) is 23.4. The molecule has 2 N–H and O–H groups in total. The molecule has 0 aromatic heterocycles. The third kappa shape index (κ3) is 7.28. The van der Waals surface area contributed by atoms with Gasteiger partial charge in [-0.1, -0.05) is 32.4 Å². The average molecular weight is 460 g/mol. The van der Waals surface area contributed by atoms with Crippen molar-refractivity contribution in [1.29, 1.82) is 0 Å². The molecule has 174 valence electrons. The van der Waals surface area contributed by atoms with Crippen LogP contribution in [0.3, 0.4) is 0 Å². The Labute approximate surface area is 193 Å². The molecule has 0 saturated carbocycles. The quantitative estimate of drug-likeness (QED) is 0.266. The van der Waals surface area contributed by atoms with Crippen LogP contribution in [0.5, 0.6) is 11.5 Å². The first-order valence-corrected chi connectivity index (χ1v) is 11.8. The van der Waals surface area contributed by atoms with Crippen LogP contribution in [-0.4, -0.2) is 34.3 Å². The standard InChI is InChI=1S/C25H32O6S/c1-4-6-21-22(12-11-20(17(3)26)25(21)30)31-13-5-14-32-19-9-7-18(8-10-19)24(29)16(2)15-23(27)28/h7-12,16,24,29-30H,4-6,13-15H2,1-3H3,(H,27,28)/p-1/t16-,24+/m0/s1. The zero-order valence-electron chi connectivity index (χ0n) is 18.8. The normalized spacial score (nSPS) is 12.9. The molecule has 2 aromatic carbocycles. The summed E-state index contributed by atoms with van der Waals surface area (Å²) in [5.74, 6) is -0.306. The topological polar surface area (TPSA) is 107 Å². The number of thioether (sulfide) groups is 1. The average Bonchev–Trinajstić information content (AvgIpc) is 2.75. The number of aliphatic hydroxyl groups excluding tert-OH is 1. The SMILES string of the molecule is CCCc1c(OCCCSc2ccc([C@H](O)[C@@H](C)CC(=O)[O-])cc2)ccc(C(C)=O)c1O. The zero-order chi connectivity index (χ0) is 23.7. The van der Waals surface area contributed by atoms with Crippen LogP contribution in [0.25, 0.3) is 0 Å². The van der Waals surface area contributed by atoms with E-state index in [-0.39, 0.29) is 18.0 Å². The maximum absolute atomic E-state index is 11.7. The first-order chi connectivity index (χ1) is 15.2. The number of ketones is 1. The molecule has 2 atom stereocenters. The molecule has 6 nitrogen and oxygen atoms in total. The van der Waals surface area contributed by atoms with E-state index in [1.165, 1.54) is 6.92 Å². The van der Waals surface area contributed by atoms with Crippen LogP contribution in [0.1, 0.15) is 67.6 Å². The second-order valence-corrected chi connectivity index (χ2v) is 9.03. The van der Waals surface area contributed by atoms with Crippen molar-refractivity contribution in [2.75, 3.05) is 12.4 Å².